The lowest BCUT2D eigenvalue weighted by Gasteiger charge is -2.21. The van der Waals surface area contributed by atoms with Gasteiger partial charge in [0.15, 0.2) is 11.4 Å². The van der Waals surface area contributed by atoms with Crippen LogP contribution in [0.1, 0.15) is 27.8 Å². The lowest BCUT2D eigenvalue weighted by Crippen LogP contribution is -2.10. The Bertz CT molecular complexity index is 3630. The molecule has 0 atom stereocenters. The molecule has 0 aliphatic heterocycles. The highest BCUT2D eigenvalue weighted by atomic mass is 19.4. The van der Waals surface area contributed by atoms with Crippen LogP contribution < -0.4 is 0 Å². The van der Waals surface area contributed by atoms with Gasteiger partial charge in [-0.3, -0.25) is 0 Å². The van der Waals surface area contributed by atoms with Gasteiger partial charge >= 0.3 is 6.18 Å². The van der Waals surface area contributed by atoms with Gasteiger partial charge in [-0.2, -0.15) is 29.0 Å². The van der Waals surface area contributed by atoms with Gasteiger partial charge in [-0.15, -0.1) is 0 Å². The fraction of sp³-hybridized carbons (Fsp3) is 0.0364. The molecule has 10 rings (SSSR count). The Morgan fingerprint density at radius 3 is 1.40 bits per heavy atom. The molecule has 7 nitrogen and oxygen atoms in total. The molecule has 10 aromatic rings. The molecule has 0 amide bonds. The minimum Gasteiger partial charge on any atom is -0.308 e. The van der Waals surface area contributed by atoms with Crippen LogP contribution in [0.25, 0.3) is 98.1 Å². The first-order valence-electron chi connectivity index (χ1n) is 20.2. The van der Waals surface area contributed by atoms with Gasteiger partial charge in [0, 0.05) is 32.7 Å². The van der Waals surface area contributed by atoms with Crippen molar-refractivity contribution in [2.45, 2.75) is 13.1 Å². The van der Waals surface area contributed by atoms with Gasteiger partial charge in [0.25, 0.3) is 0 Å². The molecule has 10 heteroatoms. The van der Waals surface area contributed by atoms with E-state index in [0.717, 1.165) is 38.7 Å². The minimum atomic E-state index is -4.70. The van der Waals surface area contributed by atoms with E-state index in [4.69, 9.17) is 13.1 Å². The molecule has 0 unspecified atom stereocenters. The maximum atomic E-state index is 15.1. The number of benzene rings is 8. The van der Waals surface area contributed by atoms with Crippen LogP contribution in [-0.4, -0.2) is 9.13 Å². The Kier molecular flexibility index (Phi) is 9.29. The van der Waals surface area contributed by atoms with Gasteiger partial charge in [0.2, 0.25) is 0 Å². The van der Waals surface area contributed by atoms with E-state index in [9.17, 15) is 15.8 Å². The second kappa shape index (κ2) is 15.2. The monoisotopic (exact) mass is 843 g/mol. The van der Waals surface area contributed by atoms with E-state index in [2.05, 4.69) is 27.9 Å². The average molecular weight is 844 g/mol. The quantitative estimate of drug-likeness (QED) is 0.162. The lowest BCUT2D eigenvalue weighted by molar-refractivity contribution is -0.137. The molecule has 0 saturated heterocycles. The minimum absolute atomic E-state index is 0.0148. The molecule has 0 fully saturated rings. The number of nitrogens with zero attached hydrogens (tertiary/aromatic N) is 7. The van der Waals surface area contributed by atoms with E-state index in [1.165, 1.54) is 18.2 Å². The normalized spacial score (nSPS) is 11.3. The molecule has 65 heavy (non-hydrogen) atoms. The molecule has 0 saturated carbocycles. The summed E-state index contributed by atoms with van der Waals surface area (Å²) in [4.78, 5) is 7.14. The van der Waals surface area contributed by atoms with E-state index >= 15 is 13.2 Å². The van der Waals surface area contributed by atoms with Crippen LogP contribution in [-0.2, 0) is 6.18 Å². The molecule has 0 bridgehead atoms. The number of rotatable bonds is 5. The summed E-state index contributed by atoms with van der Waals surface area (Å²) in [7, 11) is 0. The van der Waals surface area contributed by atoms with Gasteiger partial charge in [-0.25, -0.2) is 9.69 Å². The molecule has 304 valence electrons. The SMILES string of the molecule is [C-]#[N+]c1cc(C#N)cc(-c2ccc3c(c2)c2ccccc2n3-c2cc(-c3c(C)cccc3C(F)(F)F)cc(-n3c4ccccc4c4cc(-c5cc(C#N)cc([N+]#[C-])c5)ccc43)c2C#N)c1. The maximum absolute atomic E-state index is 15.1. The number of para-hydroxylation sites is 2. The molecule has 0 aliphatic rings. The Morgan fingerprint density at radius 2 is 0.954 bits per heavy atom. The Balaban J connectivity index is 1.31. The zero-order valence-electron chi connectivity index (χ0n) is 34.2. The Hall–Kier alpha value is -9.40. The molecular formula is C55H28F3N7. The summed E-state index contributed by atoms with van der Waals surface area (Å²) in [5.41, 5.74) is 7.72. The van der Waals surface area contributed by atoms with Gasteiger partial charge in [0.05, 0.1) is 64.3 Å². The highest BCUT2D eigenvalue weighted by Gasteiger charge is 2.35. The highest BCUT2D eigenvalue weighted by Crippen LogP contribution is 2.45. The highest BCUT2D eigenvalue weighted by molar-refractivity contribution is 6.12. The fourth-order valence-electron chi connectivity index (χ4n) is 9.15. The van der Waals surface area contributed by atoms with Crippen LogP contribution in [0.4, 0.5) is 24.5 Å². The Morgan fingerprint density at radius 1 is 0.477 bits per heavy atom. The van der Waals surface area contributed by atoms with Crippen LogP contribution in [0, 0.1) is 54.1 Å². The van der Waals surface area contributed by atoms with Crippen LogP contribution >= 0.6 is 0 Å². The van der Waals surface area contributed by atoms with E-state index in [0.29, 0.717) is 72.6 Å². The largest absolute Gasteiger partial charge is 0.417 e. The molecule has 0 spiro atoms. The summed E-state index contributed by atoms with van der Waals surface area (Å²) >= 11 is 0. The standard InChI is InChI=1S/C55H28F3N7/c1-32-9-8-12-47(55(56,57)58)54(32)39-27-52(64-48-13-6-4-10-42(48)44-25-35(15-17-50(44)64)37-19-33(29-59)21-40(23-37)62-2)46(31-61)53(28-39)65-49-14-7-5-11-43(49)45-26-36(16-18-51(45)65)38-20-34(30-60)22-41(24-38)63-3/h4-28H,1H3. The third-order valence-electron chi connectivity index (χ3n) is 11.9. The van der Waals surface area contributed by atoms with Gasteiger partial charge < -0.3 is 9.13 Å². The first-order chi connectivity index (χ1) is 31.5. The molecular weight excluding hydrogens is 816 g/mol. The Labute approximate surface area is 370 Å². The predicted octanol–water partition coefficient (Wildman–Crippen LogP) is 14.9. The zero-order valence-corrected chi connectivity index (χ0v) is 34.2. The molecule has 0 aliphatic carbocycles. The summed E-state index contributed by atoms with van der Waals surface area (Å²) in [6.45, 7) is 16.9. The third-order valence-corrected chi connectivity index (χ3v) is 11.9. The predicted molar refractivity (Wildman–Crippen MR) is 248 cm³/mol. The first kappa shape index (κ1) is 39.7. The number of aryl methyl sites for hydroxylation is 1. The number of hydrogen-bond donors (Lipinski definition) is 0. The maximum Gasteiger partial charge on any atom is 0.417 e. The average Bonchev–Trinajstić information content (AvgIpc) is 3.84. The summed E-state index contributed by atoms with van der Waals surface area (Å²) in [5.74, 6) is 0. The molecule has 0 radical (unpaired) electrons. The van der Waals surface area contributed by atoms with Crippen molar-refractivity contribution >= 4 is 55.0 Å². The van der Waals surface area contributed by atoms with Crippen molar-refractivity contribution in [2.75, 3.05) is 0 Å². The summed E-state index contributed by atoms with van der Waals surface area (Å²) in [5, 5.41) is 34.1. The number of fused-ring (bicyclic) bond motifs is 6. The van der Waals surface area contributed by atoms with E-state index in [-0.39, 0.29) is 16.7 Å². The van der Waals surface area contributed by atoms with E-state index in [1.807, 2.05) is 94.1 Å². The van der Waals surface area contributed by atoms with Crippen LogP contribution in [0.15, 0.2) is 152 Å². The van der Waals surface area contributed by atoms with Gasteiger partial charge in [0.1, 0.15) is 11.6 Å². The zero-order chi connectivity index (χ0) is 45.1. The lowest BCUT2D eigenvalue weighted by atomic mass is 9.92. The van der Waals surface area contributed by atoms with Crippen LogP contribution in [0.2, 0.25) is 0 Å². The molecule has 8 aromatic carbocycles. The van der Waals surface area contributed by atoms with Crippen molar-refractivity contribution in [3.05, 3.63) is 202 Å². The number of aromatic nitrogens is 2. The second-order valence-corrected chi connectivity index (χ2v) is 15.6. The number of alkyl halides is 3. The van der Waals surface area contributed by atoms with E-state index < -0.39 is 11.7 Å². The second-order valence-electron chi connectivity index (χ2n) is 15.6. The van der Waals surface area contributed by atoms with Crippen molar-refractivity contribution in [2.24, 2.45) is 0 Å². The summed E-state index contributed by atoms with van der Waals surface area (Å²) < 4.78 is 49.0. The van der Waals surface area contributed by atoms with E-state index in [1.54, 1.807) is 49.4 Å². The number of hydrogen-bond acceptors (Lipinski definition) is 3. The topological polar surface area (TPSA) is 89.9 Å². The number of nitriles is 3. The van der Waals surface area contributed by atoms with Crippen molar-refractivity contribution in [1.29, 1.82) is 15.8 Å². The van der Waals surface area contributed by atoms with Gasteiger partial charge in [-0.1, -0.05) is 60.7 Å². The molecule has 2 aromatic heterocycles. The first-order valence-corrected chi connectivity index (χ1v) is 20.2. The summed E-state index contributed by atoms with van der Waals surface area (Å²) in [6.07, 6.45) is -4.70. The number of halogens is 3. The van der Waals surface area contributed by atoms with Crippen molar-refractivity contribution in [3.63, 3.8) is 0 Å². The smallest absolute Gasteiger partial charge is 0.308 e. The summed E-state index contributed by atoms with van der Waals surface area (Å²) in [6, 6.07) is 50.9. The molecule has 2 heterocycles. The van der Waals surface area contributed by atoms with Crippen molar-refractivity contribution in [3.8, 4) is 63.0 Å². The molecule has 0 N–H and O–H groups in total. The van der Waals surface area contributed by atoms with Crippen molar-refractivity contribution < 1.29 is 13.2 Å². The van der Waals surface area contributed by atoms with Gasteiger partial charge in [-0.05, 0) is 137 Å². The third kappa shape index (κ3) is 6.49. The van der Waals surface area contributed by atoms with Crippen molar-refractivity contribution in [1.82, 2.24) is 9.13 Å². The van der Waals surface area contributed by atoms with Crippen LogP contribution in [0.5, 0.6) is 0 Å². The fourth-order valence-corrected chi connectivity index (χ4v) is 9.15. The van der Waals surface area contributed by atoms with Crippen LogP contribution in [0.3, 0.4) is 0 Å².